The molecule has 0 atom stereocenters. The summed E-state index contributed by atoms with van der Waals surface area (Å²) in [5, 5.41) is 8.60. The van der Waals surface area contributed by atoms with E-state index in [2.05, 4.69) is 19.1 Å². The fourth-order valence-electron chi connectivity index (χ4n) is 4.47. The van der Waals surface area contributed by atoms with Crippen molar-refractivity contribution in [3.63, 3.8) is 0 Å². The zero-order chi connectivity index (χ0) is 23.4. The van der Waals surface area contributed by atoms with Gasteiger partial charge in [0.15, 0.2) is 0 Å². The molecule has 0 aliphatic rings. The second-order valence-electron chi connectivity index (χ2n) is 9.97. The molecule has 0 aromatic carbocycles. The molecule has 190 valence electrons. The van der Waals surface area contributed by atoms with E-state index in [1.165, 1.54) is 148 Å². The number of hydrogen-bond donors (Lipinski definition) is 1. The van der Waals surface area contributed by atoms with E-state index < -0.39 is 5.97 Å². The summed E-state index contributed by atoms with van der Waals surface area (Å²) in [6.45, 7) is 2.29. The Kier molecular flexibility index (Phi) is 27.5. The monoisotopic (exact) mass is 450 g/mol. The van der Waals surface area contributed by atoms with Crippen LogP contribution in [0.3, 0.4) is 0 Å². The first-order chi connectivity index (χ1) is 15.8. The van der Waals surface area contributed by atoms with E-state index in [0.29, 0.717) is 6.42 Å². The molecule has 0 saturated carbocycles. The van der Waals surface area contributed by atoms with Gasteiger partial charge < -0.3 is 5.11 Å². The standard InChI is InChI=1S/C30H58O2/c1-2-3-4-5-6-7-8-9-10-11-12-13-14-15-16-17-18-19-20-21-22-23-24-25-26-27-28-29-30(31)32/h21-22H,2-20,23-29H2,1H3,(H,31,32)/b22-21+. The van der Waals surface area contributed by atoms with Crippen LogP contribution >= 0.6 is 0 Å². The molecule has 2 heteroatoms. The van der Waals surface area contributed by atoms with Gasteiger partial charge in [0, 0.05) is 6.42 Å². The lowest BCUT2D eigenvalue weighted by Gasteiger charge is -2.03. The summed E-state index contributed by atoms with van der Waals surface area (Å²) < 4.78 is 0. The van der Waals surface area contributed by atoms with E-state index in [-0.39, 0.29) is 0 Å². The number of unbranched alkanes of at least 4 members (excludes halogenated alkanes) is 23. The van der Waals surface area contributed by atoms with Gasteiger partial charge in [-0.05, 0) is 32.1 Å². The first-order valence-electron chi connectivity index (χ1n) is 14.6. The Hall–Kier alpha value is -0.790. The van der Waals surface area contributed by atoms with Crippen LogP contribution in [0.4, 0.5) is 0 Å². The molecule has 0 spiro atoms. The zero-order valence-electron chi connectivity index (χ0n) is 21.9. The second-order valence-corrected chi connectivity index (χ2v) is 9.97. The average molecular weight is 451 g/mol. The molecule has 0 amide bonds. The minimum Gasteiger partial charge on any atom is -0.481 e. The third kappa shape index (κ3) is 29.2. The van der Waals surface area contributed by atoms with Crippen LogP contribution in [0, 0.1) is 0 Å². The van der Waals surface area contributed by atoms with Crippen molar-refractivity contribution in [3.8, 4) is 0 Å². The summed E-state index contributed by atoms with van der Waals surface area (Å²) in [4.78, 5) is 10.4. The predicted molar refractivity (Wildman–Crippen MR) is 142 cm³/mol. The summed E-state index contributed by atoms with van der Waals surface area (Å²) in [5.41, 5.74) is 0. The molecule has 0 radical (unpaired) electrons. The number of aliphatic carboxylic acids is 1. The Labute approximate surface area is 202 Å². The topological polar surface area (TPSA) is 37.3 Å². The minimum absolute atomic E-state index is 0.333. The van der Waals surface area contributed by atoms with Crippen molar-refractivity contribution in [2.24, 2.45) is 0 Å². The largest absolute Gasteiger partial charge is 0.481 e. The Bertz CT molecular complexity index is 388. The van der Waals surface area contributed by atoms with Gasteiger partial charge >= 0.3 is 5.97 Å². The molecule has 0 saturated heterocycles. The smallest absolute Gasteiger partial charge is 0.303 e. The first kappa shape index (κ1) is 31.2. The minimum atomic E-state index is -0.660. The van der Waals surface area contributed by atoms with Crippen molar-refractivity contribution in [3.05, 3.63) is 12.2 Å². The lowest BCUT2D eigenvalue weighted by Crippen LogP contribution is -1.93. The molecule has 0 aliphatic carbocycles. The van der Waals surface area contributed by atoms with Gasteiger partial charge in [0.05, 0.1) is 0 Å². The lowest BCUT2D eigenvalue weighted by atomic mass is 10.0. The number of hydrogen-bond acceptors (Lipinski definition) is 1. The zero-order valence-corrected chi connectivity index (χ0v) is 21.9. The molecule has 0 aliphatic heterocycles. The van der Waals surface area contributed by atoms with Crippen molar-refractivity contribution in [2.75, 3.05) is 0 Å². The van der Waals surface area contributed by atoms with E-state index >= 15 is 0 Å². The number of carboxylic acid groups (broad SMARTS) is 1. The van der Waals surface area contributed by atoms with Gasteiger partial charge in [-0.2, -0.15) is 0 Å². The van der Waals surface area contributed by atoms with E-state index in [1.54, 1.807) is 0 Å². The highest BCUT2D eigenvalue weighted by Crippen LogP contribution is 2.15. The Balaban J connectivity index is 3.07. The highest BCUT2D eigenvalue weighted by molar-refractivity contribution is 5.66. The average Bonchev–Trinajstić information content (AvgIpc) is 2.78. The number of carboxylic acids is 1. The first-order valence-corrected chi connectivity index (χ1v) is 14.6. The summed E-state index contributed by atoms with van der Waals surface area (Å²) in [6, 6.07) is 0. The molecule has 32 heavy (non-hydrogen) atoms. The summed E-state index contributed by atoms with van der Waals surface area (Å²) in [7, 11) is 0. The molecule has 0 unspecified atom stereocenters. The van der Waals surface area contributed by atoms with Crippen molar-refractivity contribution >= 4 is 5.97 Å². The Morgan fingerprint density at radius 3 is 1.06 bits per heavy atom. The quantitative estimate of drug-likeness (QED) is 0.0997. The SMILES string of the molecule is CCCCCCCCCCCCCCCCCCCC/C=C/CCCCCCCC(=O)O. The van der Waals surface area contributed by atoms with Gasteiger partial charge in [0.1, 0.15) is 0 Å². The van der Waals surface area contributed by atoms with E-state index in [1.807, 2.05) is 0 Å². The van der Waals surface area contributed by atoms with E-state index in [4.69, 9.17) is 5.11 Å². The molecule has 0 bridgehead atoms. The maximum Gasteiger partial charge on any atom is 0.303 e. The molecule has 0 heterocycles. The molecular formula is C30H58O2. The van der Waals surface area contributed by atoms with Crippen LogP contribution in [0.2, 0.25) is 0 Å². The van der Waals surface area contributed by atoms with E-state index in [9.17, 15) is 4.79 Å². The van der Waals surface area contributed by atoms with Crippen molar-refractivity contribution < 1.29 is 9.90 Å². The van der Waals surface area contributed by atoms with Crippen LogP contribution in [0.5, 0.6) is 0 Å². The molecule has 0 fully saturated rings. The maximum atomic E-state index is 10.4. The normalized spacial score (nSPS) is 11.5. The molecule has 0 aromatic rings. The Morgan fingerprint density at radius 1 is 0.469 bits per heavy atom. The highest BCUT2D eigenvalue weighted by atomic mass is 16.4. The molecule has 0 rings (SSSR count). The van der Waals surface area contributed by atoms with Crippen molar-refractivity contribution in [1.29, 1.82) is 0 Å². The van der Waals surface area contributed by atoms with Gasteiger partial charge in [0.25, 0.3) is 0 Å². The van der Waals surface area contributed by atoms with Gasteiger partial charge in [-0.15, -0.1) is 0 Å². The number of carbonyl (C=O) groups is 1. The number of allylic oxidation sites excluding steroid dienone is 2. The summed E-state index contributed by atoms with van der Waals surface area (Å²) >= 11 is 0. The lowest BCUT2D eigenvalue weighted by molar-refractivity contribution is -0.137. The maximum absolute atomic E-state index is 10.4. The summed E-state index contributed by atoms with van der Waals surface area (Å²) in [5.74, 6) is -0.660. The van der Waals surface area contributed by atoms with Crippen LogP contribution in [-0.4, -0.2) is 11.1 Å². The van der Waals surface area contributed by atoms with Crippen LogP contribution in [0.15, 0.2) is 12.2 Å². The van der Waals surface area contributed by atoms with Crippen molar-refractivity contribution in [2.45, 2.75) is 174 Å². The molecule has 2 nitrogen and oxygen atoms in total. The van der Waals surface area contributed by atoms with E-state index in [0.717, 1.165) is 12.8 Å². The third-order valence-electron chi connectivity index (χ3n) is 6.65. The molecular weight excluding hydrogens is 392 g/mol. The summed E-state index contributed by atoms with van der Waals surface area (Å²) in [6.07, 6.45) is 39.0. The fourth-order valence-corrected chi connectivity index (χ4v) is 4.47. The van der Waals surface area contributed by atoms with Gasteiger partial charge in [-0.25, -0.2) is 0 Å². The second kappa shape index (κ2) is 28.2. The van der Waals surface area contributed by atoms with Crippen LogP contribution in [-0.2, 0) is 4.79 Å². The van der Waals surface area contributed by atoms with Gasteiger partial charge in [-0.1, -0.05) is 147 Å². The van der Waals surface area contributed by atoms with Crippen LogP contribution in [0.1, 0.15) is 174 Å². The molecule has 0 aromatic heterocycles. The predicted octanol–water partition coefficient (Wildman–Crippen LogP) is 10.8. The van der Waals surface area contributed by atoms with Gasteiger partial charge in [-0.3, -0.25) is 4.79 Å². The third-order valence-corrected chi connectivity index (χ3v) is 6.65. The van der Waals surface area contributed by atoms with Gasteiger partial charge in [0.2, 0.25) is 0 Å². The number of rotatable bonds is 27. The van der Waals surface area contributed by atoms with Crippen molar-refractivity contribution in [1.82, 2.24) is 0 Å². The fraction of sp³-hybridized carbons (Fsp3) is 0.900. The highest BCUT2D eigenvalue weighted by Gasteiger charge is 1.96. The molecule has 1 N–H and O–H groups in total. The Morgan fingerprint density at radius 2 is 0.750 bits per heavy atom. The van der Waals surface area contributed by atoms with Crippen LogP contribution in [0.25, 0.3) is 0 Å². The van der Waals surface area contributed by atoms with Crippen LogP contribution < -0.4 is 0 Å².